The summed E-state index contributed by atoms with van der Waals surface area (Å²) in [6, 6.07) is 18.9. The third-order valence-corrected chi connectivity index (χ3v) is 6.34. The van der Waals surface area contributed by atoms with Crippen LogP contribution in [0.25, 0.3) is 0 Å². The van der Waals surface area contributed by atoms with Crippen molar-refractivity contribution in [2.45, 2.75) is 49.1 Å². The number of nitrogens with two attached hydrogens (primary N) is 1. The van der Waals surface area contributed by atoms with Crippen molar-refractivity contribution in [2.24, 2.45) is 5.73 Å². The second-order valence-corrected chi connectivity index (χ2v) is 8.32. The second-order valence-electron chi connectivity index (χ2n) is 7.25. The molecule has 2 aromatic carbocycles. The Balaban J connectivity index is 1.71. The lowest BCUT2D eigenvalue weighted by atomic mass is 10.0. The number of thioether (sulfide) groups is 1. The molecular weight excluding hydrogens is 368 g/mol. The van der Waals surface area contributed by atoms with E-state index in [4.69, 9.17) is 5.73 Å². The molecule has 1 amide bonds. The van der Waals surface area contributed by atoms with Crippen LogP contribution in [0.4, 0.5) is 0 Å². The Labute approximate surface area is 169 Å². The van der Waals surface area contributed by atoms with Crippen LogP contribution < -0.4 is 5.73 Å². The average Bonchev–Trinajstić information content (AvgIpc) is 3.47. The number of carbonyl (C=O) groups is 1. The lowest BCUT2D eigenvalue weighted by Gasteiger charge is -2.20. The molecule has 2 N–H and O–H groups in total. The molecule has 0 spiro atoms. The predicted octanol–water partition coefficient (Wildman–Crippen LogP) is 4.22. The number of hydrogen-bond acceptors (Lipinski definition) is 4. The van der Waals surface area contributed by atoms with Crippen molar-refractivity contribution in [2.75, 3.05) is 0 Å². The molecule has 0 aliphatic heterocycles. The molecule has 0 saturated heterocycles. The summed E-state index contributed by atoms with van der Waals surface area (Å²) in [5.41, 5.74) is 9.13. The van der Waals surface area contributed by atoms with Gasteiger partial charge in [0.1, 0.15) is 5.82 Å². The largest absolute Gasteiger partial charge is 0.370 e. The highest BCUT2D eigenvalue weighted by Crippen LogP contribution is 2.44. The van der Waals surface area contributed by atoms with E-state index in [-0.39, 0.29) is 11.2 Å². The topological polar surface area (TPSA) is 73.8 Å². The van der Waals surface area contributed by atoms with Crippen molar-refractivity contribution in [3.05, 3.63) is 77.1 Å². The van der Waals surface area contributed by atoms with Gasteiger partial charge < -0.3 is 10.3 Å². The fourth-order valence-corrected chi connectivity index (χ4v) is 4.68. The summed E-state index contributed by atoms with van der Waals surface area (Å²) in [5, 5.41) is 9.91. The molecule has 1 heterocycles. The number of amides is 1. The van der Waals surface area contributed by atoms with Gasteiger partial charge in [0.2, 0.25) is 5.91 Å². The van der Waals surface area contributed by atoms with Crippen LogP contribution in [0, 0.1) is 6.92 Å². The van der Waals surface area contributed by atoms with Crippen molar-refractivity contribution < 1.29 is 4.79 Å². The first-order valence-corrected chi connectivity index (χ1v) is 10.5. The van der Waals surface area contributed by atoms with Gasteiger partial charge in [0.25, 0.3) is 0 Å². The maximum atomic E-state index is 11.4. The molecule has 1 fully saturated rings. The van der Waals surface area contributed by atoms with Crippen LogP contribution in [0.5, 0.6) is 0 Å². The quantitative estimate of drug-likeness (QED) is 0.583. The van der Waals surface area contributed by atoms with Crippen LogP contribution in [0.2, 0.25) is 0 Å². The molecule has 1 saturated carbocycles. The van der Waals surface area contributed by atoms with E-state index in [0.29, 0.717) is 18.9 Å². The smallest absolute Gasteiger partial charge is 0.219 e. The van der Waals surface area contributed by atoms with Crippen molar-refractivity contribution in [1.82, 2.24) is 14.8 Å². The molecule has 144 valence electrons. The summed E-state index contributed by atoms with van der Waals surface area (Å²) in [5.74, 6) is 1.15. The molecule has 28 heavy (non-hydrogen) atoms. The van der Waals surface area contributed by atoms with Gasteiger partial charge in [-0.05, 0) is 36.5 Å². The maximum Gasteiger partial charge on any atom is 0.219 e. The summed E-state index contributed by atoms with van der Waals surface area (Å²) < 4.78 is 2.10. The molecule has 0 bridgehead atoms. The molecule has 4 rings (SSSR count). The van der Waals surface area contributed by atoms with Crippen LogP contribution in [-0.4, -0.2) is 20.7 Å². The molecule has 1 aliphatic carbocycles. The van der Waals surface area contributed by atoms with E-state index in [0.717, 1.165) is 23.8 Å². The lowest BCUT2D eigenvalue weighted by Crippen LogP contribution is -2.16. The SMILES string of the molecule is Cc1ccccc1C(Sc1nnc(C2CC2)n1CCC(N)=O)c1ccccc1. The van der Waals surface area contributed by atoms with E-state index in [1.165, 1.54) is 16.7 Å². The first-order valence-electron chi connectivity index (χ1n) is 9.62. The molecule has 5 nitrogen and oxygen atoms in total. The summed E-state index contributed by atoms with van der Waals surface area (Å²) in [7, 11) is 0. The monoisotopic (exact) mass is 392 g/mol. The van der Waals surface area contributed by atoms with E-state index in [1.54, 1.807) is 11.8 Å². The number of aromatic nitrogens is 3. The van der Waals surface area contributed by atoms with Gasteiger partial charge in [-0.1, -0.05) is 66.4 Å². The summed E-state index contributed by atoms with van der Waals surface area (Å²) in [6.45, 7) is 2.67. The Kier molecular flexibility index (Phi) is 5.48. The molecular formula is C22H24N4OS. The highest BCUT2D eigenvalue weighted by Gasteiger charge is 2.31. The minimum atomic E-state index is -0.301. The zero-order valence-corrected chi connectivity index (χ0v) is 16.7. The molecule has 6 heteroatoms. The Bertz CT molecular complexity index is 966. The fourth-order valence-electron chi connectivity index (χ4n) is 3.39. The highest BCUT2D eigenvalue weighted by molar-refractivity contribution is 7.99. The first-order chi connectivity index (χ1) is 13.6. The van der Waals surface area contributed by atoms with Crippen molar-refractivity contribution in [3.63, 3.8) is 0 Å². The van der Waals surface area contributed by atoms with E-state index in [1.807, 2.05) is 6.07 Å². The van der Waals surface area contributed by atoms with E-state index in [9.17, 15) is 4.79 Å². The van der Waals surface area contributed by atoms with Gasteiger partial charge in [0.15, 0.2) is 5.16 Å². The molecule has 1 atom stereocenters. The van der Waals surface area contributed by atoms with Gasteiger partial charge in [0, 0.05) is 18.9 Å². The molecule has 0 radical (unpaired) electrons. The second kappa shape index (κ2) is 8.19. The Morgan fingerprint density at radius 1 is 1.14 bits per heavy atom. The summed E-state index contributed by atoms with van der Waals surface area (Å²) >= 11 is 1.69. The highest BCUT2D eigenvalue weighted by atomic mass is 32.2. The fraction of sp³-hybridized carbons (Fsp3) is 0.318. The van der Waals surface area contributed by atoms with Crippen LogP contribution in [0.1, 0.15) is 52.9 Å². The zero-order valence-electron chi connectivity index (χ0n) is 15.9. The summed E-state index contributed by atoms with van der Waals surface area (Å²) in [4.78, 5) is 11.4. The average molecular weight is 393 g/mol. The van der Waals surface area contributed by atoms with Crippen molar-refractivity contribution in [1.29, 1.82) is 0 Å². The molecule has 1 aromatic heterocycles. The molecule has 1 aliphatic rings. The van der Waals surface area contributed by atoms with Gasteiger partial charge >= 0.3 is 0 Å². The van der Waals surface area contributed by atoms with Crippen LogP contribution in [0.15, 0.2) is 59.8 Å². The Hall–Kier alpha value is -2.60. The van der Waals surface area contributed by atoms with E-state index >= 15 is 0 Å². The molecule has 1 unspecified atom stereocenters. The van der Waals surface area contributed by atoms with Gasteiger partial charge in [-0.2, -0.15) is 0 Å². The molecule has 3 aromatic rings. The number of nitrogens with zero attached hydrogens (tertiary/aromatic N) is 3. The first kappa shape index (κ1) is 18.7. The normalized spacial score (nSPS) is 14.8. The minimum Gasteiger partial charge on any atom is -0.370 e. The lowest BCUT2D eigenvalue weighted by molar-refractivity contribution is -0.118. The maximum absolute atomic E-state index is 11.4. The van der Waals surface area contributed by atoms with E-state index in [2.05, 4.69) is 70.2 Å². The van der Waals surface area contributed by atoms with Crippen LogP contribution in [0.3, 0.4) is 0 Å². The number of benzene rings is 2. The number of rotatable bonds is 8. The zero-order chi connectivity index (χ0) is 19.5. The Morgan fingerprint density at radius 3 is 2.54 bits per heavy atom. The predicted molar refractivity (Wildman–Crippen MR) is 111 cm³/mol. The van der Waals surface area contributed by atoms with Crippen LogP contribution >= 0.6 is 11.8 Å². The summed E-state index contributed by atoms with van der Waals surface area (Å²) in [6.07, 6.45) is 2.57. The van der Waals surface area contributed by atoms with E-state index < -0.39 is 0 Å². The van der Waals surface area contributed by atoms with Gasteiger partial charge in [0.05, 0.1) is 5.25 Å². The number of hydrogen-bond donors (Lipinski definition) is 1. The van der Waals surface area contributed by atoms with Gasteiger partial charge in [-0.3, -0.25) is 4.79 Å². The standard InChI is InChI=1S/C22H24N4OS/c1-15-7-5-6-10-18(15)20(16-8-3-2-4-9-16)28-22-25-24-21(17-11-12-17)26(22)14-13-19(23)27/h2-10,17,20H,11-14H2,1H3,(H2,23,27). The number of primary amides is 1. The van der Waals surface area contributed by atoms with Crippen LogP contribution in [-0.2, 0) is 11.3 Å². The minimum absolute atomic E-state index is 0.103. The third kappa shape index (κ3) is 4.12. The van der Waals surface area contributed by atoms with Crippen molar-refractivity contribution in [3.8, 4) is 0 Å². The number of aryl methyl sites for hydroxylation is 1. The Morgan fingerprint density at radius 2 is 1.86 bits per heavy atom. The van der Waals surface area contributed by atoms with Crippen molar-refractivity contribution >= 4 is 17.7 Å². The van der Waals surface area contributed by atoms with Gasteiger partial charge in [-0.15, -0.1) is 10.2 Å². The number of carbonyl (C=O) groups excluding carboxylic acids is 1. The van der Waals surface area contributed by atoms with Gasteiger partial charge in [-0.25, -0.2) is 0 Å². The third-order valence-electron chi connectivity index (χ3n) is 5.07.